The smallest absolute Gasteiger partial charge is 0.264 e. The van der Waals surface area contributed by atoms with Crippen molar-refractivity contribution in [2.24, 2.45) is 0 Å². The van der Waals surface area contributed by atoms with Gasteiger partial charge in [0, 0.05) is 24.0 Å². The van der Waals surface area contributed by atoms with Crippen LogP contribution >= 0.6 is 0 Å². The number of sulfonamides is 2. The number of rotatable bonds is 8. The van der Waals surface area contributed by atoms with Gasteiger partial charge in [-0.3, -0.25) is 13.8 Å². The van der Waals surface area contributed by atoms with Crippen LogP contribution in [0.15, 0.2) is 119 Å². The Hall–Kier alpha value is -4.15. The quantitative estimate of drug-likeness (QED) is 0.353. The summed E-state index contributed by atoms with van der Waals surface area (Å²) in [6.07, 6.45) is 0. The van der Waals surface area contributed by atoms with Crippen molar-refractivity contribution in [3.05, 3.63) is 115 Å². The largest absolute Gasteiger partial charge is 0.322 e. The van der Waals surface area contributed by atoms with Crippen LogP contribution < -0.4 is 14.3 Å². The number of carbonyl (C=O) groups excluding carboxylic acids is 1. The second kappa shape index (κ2) is 10.2. The predicted molar refractivity (Wildman–Crippen MR) is 140 cm³/mol. The van der Waals surface area contributed by atoms with Gasteiger partial charge in [0.15, 0.2) is 0 Å². The van der Waals surface area contributed by atoms with Crippen molar-refractivity contribution in [2.45, 2.75) is 9.79 Å². The van der Waals surface area contributed by atoms with Crippen molar-refractivity contribution >= 4 is 43.0 Å². The molecule has 0 spiro atoms. The zero-order valence-electron chi connectivity index (χ0n) is 19.2. The Morgan fingerprint density at radius 1 is 0.639 bits per heavy atom. The van der Waals surface area contributed by atoms with E-state index in [9.17, 15) is 21.6 Å². The van der Waals surface area contributed by atoms with Crippen LogP contribution in [0.5, 0.6) is 0 Å². The summed E-state index contributed by atoms with van der Waals surface area (Å²) in [5, 5.41) is 2.71. The summed E-state index contributed by atoms with van der Waals surface area (Å²) in [6.45, 7) is 0. The monoisotopic (exact) mass is 521 g/mol. The lowest BCUT2D eigenvalue weighted by Crippen LogP contribution is -2.26. The van der Waals surface area contributed by atoms with E-state index in [0.29, 0.717) is 22.6 Å². The zero-order chi connectivity index (χ0) is 25.8. The molecule has 0 radical (unpaired) electrons. The Labute approximate surface area is 210 Å². The molecule has 8 nitrogen and oxygen atoms in total. The van der Waals surface area contributed by atoms with E-state index in [2.05, 4.69) is 10.0 Å². The molecule has 10 heteroatoms. The molecule has 4 aromatic carbocycles. The average Bonchev–Trinajstić information content (AvgIpc) is 2.89. The van der Waals surface area contributed by atoms with E-state index in [1.165, 1.54) is 55.6 Å². The number of nitrogens with one attached hydrogen (secondary N) is 2. The molecule has 0 fully saturated rings. The molecule has 36 heavy (non-hydrogen) atoms. The maximum atomic E-state index is 12.8. The number of amides is 1. The van der Waals surface area contributed by atoms with Crippen LogP contribution in [-0.4, -0.2) is 29.8 Å². The lowest BCUT2D eigenvalue weighted by atomic mass is 10.2. The first kappa shape index (κ1) is 25.0. The summed E-state index contributed by atoms with van der Waals surface area (Å²) in [5.41, 5.74) is 1.56. The molecule has 0 saturated heterocycles. The third-order valence-corrected chi connectivity index (χ3v) is 8.54. The van der Waals surface area contributed by atoms with Crippen LogP contribution in [0.4, 0.5) is 17.1 Å². The van der Waals surface area contributed by atoms with E-state index < -0.39 is 26.0 Å². The fraction of sp³-hybridized carbons (Fsp3) is 0.0385. The minimum atomic E-state index is -3.77. The molecule has 0 bridgehead atoms. The van der Waals surface area contributed by atoms with Gasteiger partial charge in [0.25, 0.3) is 26.0 Å². The molecule has 0 saturated carbocycles. The van der Waals surface area contributed by atoms with E-state index in [4.69, 9.17) is 0 Å². The molecule has 4 aromatic rings. The minimum Gasteiger partial charge on any atom is -0.322 e. The summed E-state index contributed by atoms with van der Waals surface area (Å²) in [7, 11) is -6.06. The van der Waals surface area contributed by atoms with Gasteiger partial charge in [0.1, 0.15) is 0 Å². The van der Waals surface area contributed by atoms with E-state index >= 15 is 0 Å². The lowest BCUT2D eigenvalue weighted by Gasteiger charge is -2.19. The van der Waals surface area contributed by atoms with Crippen LogP contribution in [0.2, 0.25) is 0 Å². The standard InChI is InChI=1S/C26H23N3O5S2/c1-29(36(33,34)25-10-6-3-7-11-25)23-16-12-20(13-17-23)26(30)27-21-14-18-24(19-15-21)35(31,32)28-22-8-4-2-5-9-22/h2-19,28H,1H3,(H,27,30). The molecule has 2 N–H and O–H groups in total. The molecule has 0 aromatic heterocycles. The minimum absolute atomic E-state index is 0.0522. The molecule has 184 valence electrons. The second-order valence-corrected chi connectivity index (χ2v) is 11.4. The van der Waals surface area contributed by atoms with Crippen LogP contribution in [0.1, 0.15) is 10.4 Å². The maximum Gasteiger partial charge on any atom is 0.264 e. The topological polar surface area (TPSA) is 113 Å². The van der Waals surface area contributed by atoms with Gasteiger partial charge in [-0.05, 0) is 72.8 Å². The Morgan fingerprint density at radius 2 is 1.19 bits per heavy atom. The van der Waals surface area contributed by atoms with Gasteiger partial charge in [-0.15, -0.1) is 0 Å². The highest BCUT2D eigenvalue weighted by Gasteiger charge is 2.21. The van der Waals surface area contributed by atoms with Crippen molar-refractivity contribution in [1.29, 1.82) is 0 Å². The first-order valence-electron chi connectivity index (χ1n) is 10.8. The first-order chi connectivity index (χ1) is 17.2. The number of para-hydroxylation sites is 1. The van der Waals surface area contributed by atoms with Crippen molar-refractivity contribution in [2.75, 3.05) is 21.4 Å². The SMILES string of the molecule is CN(c1ccc(C(=O)Nc2ccc(S(=O)(=O)Nc3ccccc3)cc2)cc1)S(=O)(=O)c1ccccc1. The van der Waals surface area contributed by atoms with Gasteiger partial charge < -0.3 is 5.32 Å². The summed E-state index contributed by atoms with van der Waals surface area (Å²) in [6, 6.07) is 28.5. The third kappa shape index (κ3) is 5.56. The van der Waals surface area contributed by atoms with Gasteiger partial charge in [-0.1, -0.05) is 36.4 Å². The lowest BCUT2D eigenvalue weighted by molar-refractivity contribution is 0.102. The Morgan fingerprint density at radius 3 is 1.78 bits per heavy atom. The Balaban J connectivity index is 1.43. The zero-order valence-corrected chi connectivity index (χ0v) is 20.8. The number of nitrogens with zero attached hydrogens (tertiary/aromatic N) is 1. The molecule has 0 aliphatic heterocycles. The van der Waals surface area contributed by atoms with Gasteiger partial charge in [0.05, 0.1) is 15.5 Å². The summed E-state index contributed by atoms with van der Waals surface area (Å²) in [4.78, 5) is 12.9. The fourth-order valence-corrected chi connectivity index (χ4v) is 5.63. The molecule has 0 aliphatic rings. The van der Waals surface area contributed by atoms with E-state index in [1.54, 1.807) is 60.7 Å². The van der Waals surface area contributed by atoms with Crippen LogP contribution in [-0.2, 0) is 20.0 Å². The van der Waals surface area contributed by atoms with Crippen molar-refractivity contribution < 1.29 is 21.6 Å². The summed E-state index contributed by atoms with van der Waals surface area (Å²) < 4.78 is 54.3. The number of anilines is 3. The highest BCUT2D eigenvalue weighted by Crippen LogP contribution is 2.23. The van der Waals surface area contributed by atoms with Gasteiger partial charge in [0.2, 0.25) is 0 Å². The molecule has 0 aliphatic carbocycles. The molecule has 0 atom stereocenters. The van der Waals surface area contributed by atoms with Crippen molar-refractivity contribution in [3.8, 4) is 0 Å². The molecule has 1 amide bonds. The molecule has 0 unspecified atom stereocenters. The van der Waals surface area contributed by atoms with Crippen molar-refractivity contribution in [3.63, 3.8) is 0 Å². The third-order valence-electron chi connectivity index (χ3n) is 5.34. The average molecular weight is 522 g/mol. The number of carbonyl (C=O) groups is 1. The highest BCUT2D eigenvalue weighted by molar-refractivity contribution is 7.93. The van der Waals surface area contributed by atoms with E-state index in [-0.39, 0.29) is 9.79 Å². The maximum absolute atomic E-state index is 12.8. The second-order valence-electron chi connectivity index (χ2n) is 7.78. The van der Waals surface area contributed by atoms with E-state index in [1.807, 2.05) is 0 Å². The van der Waals surface area contributed by atoms with Crippen LogP contribution in [0.25, 0.3) is 0 Å². The van der Waals surface area contributed by atoms with Gasteiger partial charge in [-0.2, -0.15) is 0 Å². The normalized spacial score (nSPS) is 11.5. The van der Waals surface area contributed by atoms with Crippen LogP contribution in [0.3, 0.4) is 0 Å². The number of hydrogen-bond acceptors (Lipinski definition) is 5. The molecule has 0 heterocycles. The Bertz CT molecular complexity index is 1560. The number of benzene rings is 4. The summed E-state index contributed by atoms with van der Waals surface area (Å²) in [5.74, 6) is -0.423. The van der Waals surface area contributed by atoms with Crippen LogP contribution in [0, 0.1) is 0 Å². The predicted octanol–water partition coefficient (Wildman–Crippen LogP) is 4.56. The summed E-state index contributed by atoms with van der Waals surface area (Å²) >= 11 is 0. The first-order valence-corrected chi connectivity index (χ1v) is 13.7. The Kier molecular flexibility index (Phi) is 7.09. The van der Waals surface area contributed by atoms with Crippen molar-refractivity contribution in [1.82, 2.24) is 0 Å². The fourth-order valence-electron chi connectivity index (χ4n) is 3.35. The number of hydrogen-bond donors (Lipinski definition) is 2. The molecule has 4 rings (SSSR count). The molecular weight excluding hydrogens is 498 g/mol. The molecular formula is C26H23N3O5S2. The van der Waals surface area contributed by atoms with Gasteiger partial charge >= 0.3 is 0 Å². The highest BCUT2D eigenvalue weighted by atomic mass is 32.2. The van der Waals surface area contributed by atoms with E-state index in [0.717, 1.165) is 4.31 Å². The van der Waals surface area contributed by atoms with Gasteiger partial charge in [-0.25, -0.2) is 16.8 Å².